The van der Waals surface area contributed by atoms with Gasteiger partial charge in [-0.05, 0) is 37.1 Å². The number of hydrogen-bond acceptors (Lipinski definition) is 5. The number of nitrogens with one attached hydrogen (secondary N) is 1. The fraction of sp³-hybridized carbons (Fsp3) is 0.263. The summed E-state index contributed by atoms with van der Waals surface area (Å²) in [5, 5.41) is 12.2. The van der Waals surface area contributed by atoms with Crippen LogP contribution in [0.4, 0.5) is 5.82 Å². The minimum Gasteiger partial charge on any atom is -0.350 e. The molecule has 0 radical (unpaired) electrons. The second kappa shape index (κ2) is 6.84. The van der Waals surface area contributed by atoms with Crippen LogP contribution in [0.3, 0.4) is 0 Å². The molecule has 6 heteroatoms. The molecule has 1 amide bonds. The maximum absolute atomic E-state index is 12.5. The van der Waals surface area contributed by atoms with E-state index in [-0.39, 0.29) is 11.9 Å². The number of pyridine rings is 1. The minimum absolute atomic E-state index is 0.142. The first-order valence-corrected chi connectivity index (χ1v) is 8.49. The van der Waals surface area contributed by atoms with Crippen molar-refractivity contribution in [3.63, 3.8) is 0 Å². The molecular formula is C19H19N5O. The Morgan fingerprint density at radius 3 is 2.96 bits per heavy atom. The number of rotatable bonds is 4. The lowest BCUT2D eigenvalue weighted by molar-refractivity contribution is 0.0946. The maximum Gasteiger partial charge on any atom is 0.269 e. The number of carbonyl (C=O) groups is 1. The number of para-hydroxylation sites is 1. The summed E-state index contributed by atoms with van der Waals surface area (Å²) in [7, 11) is 0. The number of hydrogen-bond donors (Lipinski definition) is 1. The van der Waals surface area contributed by atoms with Crippen molar-refractivity contribution in [2.24, 2.45) is 0 Å². The van der Waals surface area contributed by atoms with Gasteiger partial charge in [0.25, 0.3) is 5.91 Å². The first-order valence-electron chi connectivity index (χ1n) is 8.49. The van der Waals surface area contributed by atoms with Gasteiger partial charge in [-0.3, -0.25) is 4.79 Å². The molecule has 126 valence electrons. The lowest BCUT2D eigenvalue weighted by Gasteiger charge is -2.25. The van der Waals surface area contributed by atoms with Crippen LogP contribution in [0.5, 0.6) is 0 Å². The normalized spacial score (nSPS) is 17.0. The van der Waals surface area contributed by atoms with Crippen molar-refractivity contribution in [1.29, 1.82) is 0 Å². The van der Waals surface area contributed by atoms with Crippen LogP contribution in [0, 0.1) is 0 Å². The summed E-state index contributed by atoms with van der Waals surface area (Å²) in [4.78, 5) is 19.1. The van der Waals surface area contributed by atoms with Gasteiger partial charge in [0.2, 0.25) is 0 Å². The summed E-state index contributed by atoms with van der Waals surface area (Å²) in [6.07, 6.45) is 3.79. The largest absolute Gasteiger partial charge is 0.350 e. The highest BCUT2D eigenvalue weighted by Crippen LogP contribution is 2.22. The van der Waals surface area contributed by atoms with Crippen molar-refractivity contribution < 1.29 is 4.79 Å². The number of anilines is 1. The molecule has 0 unspecified atom stereocenters. The van der Waals surface area contributed by atoms with E-state index in [0.717, 1.165) is 36.1 Å². The van der Waals surface area contributed by atoms with E-state index in [2.05, 4.69) is 25.4 Å². The summed E-state index contributed by atoms with van der Waals surface area (Å²) in [5.41, 5.74) is 1.28. The van der Waals surface area contributed by atoms with E-state index in [9.17, 15) is 4.79 Å². The fourth-order valence-corrected chi connectivity index (χ4v) is 3.29. The Balaban J connectivity index is 1.44. The van der Waals surface area contributed by atoms with Gasteiger partial charge < -0.3 is 10.2 Å². The van der Waals surface area contributed by atoms with E-state index in [0.29, 0.717) is 12.2 Å². The van der Waals surface area contributed by atoms with Gasteiger partial charge in [-0.1, -0.05) is 24.3 Å². The van der Waals surface area contributed by atoms with Gasteiger partial charge in [0, 0.05) is 30.7 Å². The topological polar surface area (TPSA) is 71.0 Å². The lowest BCUT2D eigenvalue weighted by atomic mass is 10.2. The standard InChI is InChI=1S/C19H19N5O/c25-19(17-10-9-14-5-1-2-7-16(14)22-17)20-13-15-6-4-12-24(15)18-8-3-11-21-23-18/h1-3,5,7-11,15H,4,6,12-13H2,(H,20,25)/t15-/m0/s1. The number of aromatic nitrogens is 3. The van der Waals surface area contributed by atoms with Crippen LogP contribution in [0.2, 0.25) is 0 Å². The van der Waals surface area contributed by atoms with Crippen LogP contribution in [0.25, 0.3) is 10.9 Å². The molecule has 3 heterocycles. The molecule has 25 heavy (non-hydrogen) atoms. The molecule has 0 spiro atoms. The highest BCUT2D eigenvalue weighted by Gasteiger charge is 2.26. The van der Waals surface area contributed by atoms with Crippen molar-refractivity contribution in [3.8, 4) is 0 Å². The average molecular weight is 333 g/mol. The summed E-state index contributed by atoms with van der Waals surface area (Å²) >= 11 is 0. The van der Waals surface area contributed by atoms with E-state index in [4.69, 9.17) is 0 Å². The predicted molar refractivity (Wildman–Crippen MR) is 96.5 cm³/mol. The molecule has 1 atom stereocenters. The van der Waals surface area contributed by atoms with Crippen LogP contribution in [0.15, 0.2) is 54.7 Å². The smallest absolute Gasteiger partial charge is 0.269 e. The highest BCUT2D eigenvalue weighted by molar-refractivity contribution is 5.94. The van der Waals surface area contributed by atoms with Crippen molar-refractivity contribution in [1.82, 2.24) is 20.5 Å². The van der Waals surface area contributed by atoms with Gasteiger partial charge in [-0.2, -0.15) is 5.10 Å². The van der Waals surface area contributed by atoms with Gasteiger partial charge in [0.15, 0.2) is 5.82 Å². The van der Waals surface area contributed by atoms with Crippen molar-refractivity contribution in [2.75, 3.05) is 18.0 Å². The molecule has 1 aliphatic rings. The Morgan fingerprint density at radius 1 is 1.16 bits per heavy atom. The number of nitrogens with zero attached hydrogens (tertiary/aromatic N) is 4. The van der Waals surface area contributed by atoms with Crippen LogP contribution in [-0.2, 0) is 0 Å². The van der Waals surface area contributed by atoms with Crippen LogP contribution in [-0.4, -0.2) is 40.2 Å². The van der Waals surface area contributed by atoms with Gasteiger partial charge >= 0.3 is 0 Å². The van der Waals surface area contributed by atoms with Gasteiger partial charge in [0.05, 0.1) is 5.52 Å². The minimum atomic E-state index is -0.142. The first-order chi connectivity index (χ1) is 12.3. The third kappa shape index (κ3) is 3.28. The molecule has 0 aliphatic carbocycles. The second-order valence-corrected chi connectivity index (χ2v) is 6.17. The molecule has 0 saturated carbocycles. The quantitative estimate of drug-likeness (QED) is 0.794. The molecule has 2 aromatic heterocycles. The highest BCUT2D eigenvalue weighted by atomic mass is 16.1. The van der Waals surface area contributed by atoms with Crippen molar-refractivity contribution in [2.45, 2.75) is 18.9 Å². The Kier molecular flexibility index (Phi) is 4.24. The Morgan fingerprint density at radius 2 is 2.08 bits per heavy atom. The zero-order valence-corrected chi connectivity index (χ0v) is 13.8. The molecule has 0 bridgehead atoms. The molecule has 6 nitrogen and oxygen atoms in total. The van der Waals surface area contributed by atoms with Crippen LogP contribution >= 0.6 is 0 Å². The van der Waals surface area contributed by atoms with Crippen LogP contribution in [0.1, 0.15) is 23.3 Å². The zero-order valence-electron chi connectivity index (χ0n) is 13.8. The molecule has 1 saturated heterocycles. The molecule has 1 N–H and O–H groups in total. The van der Waals surface area contributed by atoms with E-state index in [1.165, 1.54) is 0 Å². The molecule has 1 aliphatic heterocycles. The molecule has 1 fully saturated rings. The molecule has 1 aromatic carbocycles. The fourth-order valence-electron chi connectivity index (χ4n) is 3.29. The van der Waals surface area contributed by atoms with Gasteiger partial charge in [-0.15, -0.1) is 5.10 Å². The van der Waals surface area contributed by atoms with Gasteiger partial charge in [-0.25, -0.2) is 4.98 Å². The second-order valence-electron chi connectivity index (χ2n) is 6.17. The lowest BCUT2D eigenvalue weighted by Crippen LogP contribution is -2.40. The summed E-state index contributed by atoms with van der Waals surface area (Å²) in [6.45, 7) is 1.51. The van der Waals surface area contributed by atoms with Gasteiger partial charge in [0.1, 0.15) is 5.69 Å². The van der Waals surface area contributed by atoms with Crippen molar-refractivity contribution >= 4 is 22.6 Å². The van der Waals surface area contributed by atoms with Crippen molar-refractivity contribution in [3.05, 3.63) is 60.4 Å². The van der Waals surface area contributed by atoms with E-state index in [1.807, 2.05) is 42.5 Å². The predicted octanol–water partition coefficient (Wildman–Crippen LogP) is 2.42. The molecular weight excluding hydrogens is 314 g/mol. The summed E-state index contributed by atoms with van der Waals surface area (Å²) < 4.78 is 0. The third-order valence-corrected chi connectivity index (χ3v) is 4.56. The summed E-state index contributed by atoms with van der Waals surface area (Å²) in [6, 6.07) is 15.6. The third-order valence-electron chi connectivity index (χ3n) is 4.56. The number of benzene rings is 1. The summed E-state index contributed by atoms with van der Waals surface area (Å²) in [5.74, 6) is 0.722. The Hall–Kier alpha value is -3.02. The SMILES string of the molecule is O=C(NC[C@@H]1CCCN1c1cccnn1)c1ccc2ccccc2n1. The van der Waals surface area contributed by atoms with E-state index < -0.39 is 0 Å². The Bertz CT molecular complexity index is 883. The number of fused-ring (bicyclic) bond motifs is 1. The zero-order chi connectivity index (χ0) is 17.1. The number of carbonyl (C=O) groups excluding carboxylic acids is 1. The monoisotopic (exact) mass is 333 g/mol. The maximum atomic E-state index is 12.5. The Labute approximate surface area is 145 Å². The number of amides is 1. The molecule has 3 aromatic rings. The van der Waals surface area contributed by atoms with E-state index >= 15 is 0 Å². The molecule has 4 rings (SSSR count). The van der Waals surface area contributed by atoms with E-state index in [1.54, 1.807) is 12.3 Å². The first kappa shape index (κ1) is 15.5. The average Bonchev–Trinajstić information content (AvgIpc) is 3.15. The van der Waals surface area contributed by atoms with Crippen LogP contribution < -0.4 is 10.2 Å².